The first-order valence-corrected chi connectivity index (χ1v) is 13.2. The number of ether oxygens (including phenoxy) is 1. The Labute approximate surface area is 207 Å². The molecular formula is C29H36N4O2. The zero-order valence-electron chi connectivity index (χ0n) is 20.9. The van der Waals surface area contributed by atoms with E-state index in [2.05, 4.69) is 70.2 Å². The third-order valence-corrected chi connectivity index (χ3v) is 9.06. The summed E-state index contributed by atoms with van der Waals surface area (Å²) in [6.07, 6.45) is 7.87. The van der Waals surface area contributed by atoms with E-state index >= 15 is 0 Å². The van der Waals surface area contributed by atoms with Crippen LogP contribution in [0.25, 0.3) is 11.0 Å². The number of methoxy groups -OCH3 is 1. The number of hydrogen-bond acceptors (Lipinski definition) is 4. The van der Waals surface area contributed by atoms with Crippen LogP contribution in [0.2, 0.25) is 0 Å². The van der Waals surface area contributed by atoms with Crippen molar-refractivity contribution in [3.63, 3.8) is 0 Å². The first-order valence-electron chi connectivity index (χ1n) is 13.2. The molecule has 6 heteroatoms. The Bertz CT molecular complexity index is 1220. The van der Waals surface area contributed by atoms with Gasteiger partial charge in [-0.05, 0) is 81.7 Å². The number of aryl methyl sites for hydroxylation is 2. The van der Waals surface area contributed by atoms with Crippen molar-refractivity contribution in [2.45, 2.75) is 75.4 Å². The molecule has 2 fully saturated rings. The number of piperidine rings is 1. The van der Waals surface area contributed by atoms with Gasteiger partial charge in [-0.2, -0.15) is 0 Å². The van der Waals surface area contributed by atoms with Crippen molar-refractivity contribution in [3.8, 4) is 0 Å². The summed E-state index contributed by atoms with van der Waals surface area (Å²) in [4.78, 5) is 19.6. The van der Waals surface area contributed by atoms with Crippen LogP contribution in [0.1, 0.15) is 61.5 Å². The van der Waals surface area contributed by atoms with Gasteiger partial charge >= 0.3 is 6.09 Å². The van der Waals surface area contributed by atoms with E-state index in [1.807, 2.05) is 0 Å². The highest BCUT2D eigenvalue weighted by Gasteiger charge is 2.44. The smallest absolute Gasteiger partial charge is 0.406 e. The lowest BCUT2D eigenvalue weighted by Crippen LogP contribution is -2.47. The molecule has 2 aliphatic heterocycles. The van der Waals surface area contributed by atoms with Crippen LogP contribution < -0.4 is 5.32 Å². The maximum Gasteiger partial charge on any atom is 0.406 e. The van der Waals surface area contributed by atoms with Gasteiger partial charge in [0.15, 0.2) is 0 Å². The molecule has 0 radical (unpaired) electrons. The number of amides is 1. The van der Waals surface area contributed by atoms with Crippen molar-refractivity contribution >= 4 is 17.1 Å². The molecular weight excluding hydrogens is 436 g/mol. The zero-order chi connectivity index (χ0) is 24.0. The molecule has 1 amide bonds. The number of aromatic nitrogens is 2. The maximum atomic E-state index is 12.0. The van der Waals surface area contributed by atoms with E-state index in [4.69, 9.17) is 9.72 Å². The number of carbonyl (C=O) groups is 1. The molecule has 4 atom stereocenters. The lowest BCUT2D eigenvalue weighted by atomic mass is 9.78. The summed E-state index contributed by atoms with van der Waals surface area (Å²) < 4.78 is 7.41. The number of fused-ring (bicyclic) bond motifs is 4. The Morgan fingerprint density at radius 3 is 2.63 bits per heavy atom. The van der Waals surface area contributed by atoms with E-state index in [0.29, 0.717) is 24.7 Å². The summed E-state index contributed by atoms with van der Waals surface area (Å²) in [5.41, 5.74) is 5.22. The molecule has 2 aromatic carbocycles. The van der Waals surface area contributed by atoms with Crippen LogP contribution in [-0.2, 0) is 16.6 Å². The van der Waals surface area contributed by atoms with Crippen LogP contribution in [0.3, 0.4) is 0 Å². The molecule has 3 aliphatic rings. The van der Waals surface area contributed by atoms with Crippen LogP contribution in [-0.4, -0.2) is 52.8 Å². The van der Waals surface area contributed by atoms with Crippen molar-refractivity contribution in [3.05, 3.63) is 65.5 Å². The van der Waals surface area contributed by atoms with Gasteiger partial charge in [-0.1, -0.05) is 36.4 Å². The Morgan fingerprint density at radius 2 is 1.83 bits per heavy atom. The predicted octanol–water partition coefficient (Wildman–Crippen LogP) is 5.14. The summed E-state index contributed by atoms with van der Waals surface area (Å²) in [5.74, 6) is 1.14. The SMILES string of the molecule is COC(=O)NCC1(CCN2[C@@H]3CC[C@H]2CC(n2c(C)nc4ccccc42)C3)CCc2ccccc21. The van der Waals surface area contributed by atoms with Gasteiger partial charge in [-0.3, -0.25) is 4.90 Å². The van der Waals surface area contributed by atoms with Gasteiger partial charge < -0.3 is 14.6 Å². The summed E-state index contributed by atoms with van der Waals surface area (Å²) in [6.45, 7) is 3.88. The van der Waals surface area contributed by atoms with Gasteiger partial charge in [0.05, 0.1) is 18.1 Å². The molecule has 6 rings (SSSR count). The average Bonchev–Trinajstić information content (AvgIpc) is 3.49. The van der Waals surface area contributed by atoms with Crippen LogP contribution in [0.4, 0.5) is 4.79 Å². The van der Waals surface area contributed by atoms with Crippen LogP contribution >= 0.6 is 0 Å². The molecule has 1 N–H and O–H groups in total. The van der Waals surface area contributed by atoms with E-state index in [1.165, 1.54) is 49.4 Å². The van der Waals surface area contributed by atoms with E-state index in [0.717, 1.165) is 37.1 Å². The Morgan fingerprint density at radius 1 is 1.09 bits per heavy atom. The number of nitrogens with one attached hydrogen (secondary N) is 1. The quantitative estimate of drug-likeness (QED) is 0.540. The first-order chi connectivity index (χ1) is 17.1. The molecule has 2 bridgehead atoms. The first kappa shape index (κ1) is 22.6. The summed E-state index contributed by atoms with van der Waals surface area (Å²) in [6, 6.07) is 19.1. The number of alkyl carbamates (subject to hydrolysis) is 1. The highest BCUT2D eigenvalue weighted by Crippen LogP contribution is 2.45. The molecule has 1 aliphatic carbocycles. The standard InChI is InChI=1S/C29H36N4O2/c1-20-31-26-9-5-6-10-27(26)33(20)24-17-22-11-12-23(18-24)32(22)16-15-29(19-30-28(34)35-2)14-13-21-7-3-4-8-25(21)29/h3-10,22-24H,11-19H2,1-2H3,(H,30,34)/t22-,23+,24?,29?. The summed E-state index contributed by atoms with van der Waals surface area (Å²) in [7, 11) is 1.44. The van der Waals surface area contributed by atoms with Gasteiger partial charge in [0.2, 0.25) is 0 Å². The van der Waals surface area contributed by atoms with Crippen LogP contribution in [0, 0.1) is 6.92 Å². The lowest BCUT2D eigenvalue weighted by Gasteiger charge is -2.42. The van der Waals surface area contributed by atoms with Crippen molar-refractivity contribution in [1.82, 2.24) is 19.8 Å². The molecule has 3 aromatic rings. The summed E-state index contributed by atoms with van der Waals surface area (Å²) in [5, 5.41) is 3.04. The monoisotopic (exact) mass is 472 g/mol. The molecule has 2 unspecified atom stereocenters. The van der Waals surface area contributed by atoms with E-state index < -0.39 is 0 Å². The fraction of sp³-hybridized carbons (Fsp3) is 0.517. The van der Waals surface area contributed by atoms with Crippen LogP contribution in [0.15, 0.2) is 48.5 Å². The number of hydrogen-bond donors (Lipinski definition) is 1. The van der Waals surface area contributed by atoms with Crippen molar-refractivity contribution in [2.24, 2.45) is 0 Å². The second-order valence-electron chi connectivity index (χ2n) is 10.8. The number of rotatable bonds is 6. The Kier molecular flexibility index (Phi) is 5.79. The van der Waals surface area contributed by atoms with E-state index in [1.54, 1.807) is 0 Å². The highest BCUT2D eigenvalue weighted by molar-refractivity contribution is 5.76. The Balaban J connectivity index is 1.20. The molecule has 184 valence electrons. The summed E-state index contributed by atoms with van der Waals surface area (Å²) >= 11 is 0. The van der Waals surface area contributed by atoms with Gasteiger partial charge in [-0.25, -0.2) is 9.78 Å². The fourth-order valence-corrected chi connectivity index (χ4v) is 7.40. The minimum Gasteiger partial charge on any atom is -0.453 e. The molecule has 1 aromatic heterocycles. The van der Waals surface area contributed by atoms with Gasteiger partial charge in [0.25, 0.3) is 0 Å². The maximum absolute atomic E-state index is 12.0. The molecule has 3 heterocycles. The number of benzene rings is 2. The Hall–Kier alpha value is -2.86. The minimum absolute atomic E-state index is 0.0157. The minimum atomic E-state index is -0.336. The topological polar surface area (TPSA) is 59.4 Å². The normalized spacial score (nSPS) is 27.8. The second kappa shape index (κ2) is 8.98. The number of nitrogens with zero attached hydrogens (tertiary/aromatic N) is 3. The van der Waals surface area contributed by atoms with Gasteiger partial charge in [0.1, 0.15) is 5.82 Å². The van der Waals surface area contributed by atoms with E-state index in [-0.39, 0.29) is 11.5 Å². The van der Waals surface area contributed by atoms with Crippen LogP contribution in [0.5, 0.6) is 0 Å². The molecule has 0 spiro atoms. The fourth-order valence-electron chi connectivity index (χ4n) is 7.40. The number of imidazole rings is 1. The zero-order valence-corrected chi connectivity index (χ0v) is 20.9. The average molecular weight is 473 g/mol. The van der Waals surface area contributed by atoms with Crippen molar-refractivity contribution in [1.29, 1.82) is 0 Å². The number of para-hydroxylation sites is 2. The highest BCUT2D eigenvalue weighted by atomic mass is 16.5. The molecule has 6 nitrogen and oxygen atoms in total. The van der Waals surface area contributed by atoms with Gasteiger partial charge in [0, 0.05) is 30.1 Å². The number of carbonyl (C=O) groups excluding carboxylic acids is 1. The third-order valence-electron chi connectivity index (χ3n) is 9.06. The van der Waals surface area contributed by atoms with Crippen molar-refractivity contribution < 1.29 is 9.53 Å². The second-order valence-corrected chi connectivity index (χ2v) is 10.8. The largest absolute Gasteiger partial charge is 0.453 e. The molecule has 2 saturated heterocycles. The molecule has 0 saturated carbocycles. The van der Waals surface area contributed by atoms with Crippen molar-refractivity contribution in [2.75, 3.05) is 20.2 Å². The predicted molar refractivity (Wildman–Crippen MR) is 138 cm³/mol. The van der Waals surface area contributed by atoms with E-state index in [9.17, 15) is 4.79 Å². The third kappa shape index (κ3) is 3.92. The lowest BCUT2D eigenvalue weighted by molar-refractivity contribution is 0.0960. The van der Waals surface area contributed by atoms with Gasteiger partial charge in [-0.15, -0.1) is 0 Å². The molecule has 35 heavy (non-hydrogen) atoms.